The Labute approximate surface area is 110 Å². The number of nitrogens with zero attached hydrogens (tertiary/aromatic N) is 2. The SMILES string of the molecule is Cc1cc(C(=O)O)nc(Oc2c(C)cccc2C)n1. The minimum Gasteiger partial charge on any atom is -0.477 e. The third kappa shape index (κ3) is 2.88. The molecule has 0 spiro atoms. The Morgan fingerprint density at radius 1 is 1.16 bits per heavy atom. The first-order valence-corrected chi connectivity index (χ1v) is 5.80. The molecule has 0 aliphatic rings. The van der Waals surface area contributed by atoms with Crippen molar-refractivity contribution >= 4 is 5.97 Å². The van der Waals surface area contributed by atoms with Gasteiger partial charge in [0.1, 0.15) is 5.75 Å². The average molecular weight is 258 g/mol. The maximum atomic E-state index is 10.9. The summed E-state index contributed by atoms with van der Waals surface area (Å²) < 4.78 is 5.63. The zero-order valence-corrected chi connectivity index (χ0v) is 11.0. The predicted molar refractivity (Wildman–Crippen MR) is 69.7 cm³/mol. The van der Waals surface area contributed by atoms with Crippen LogP contribution in [0.1, 0.15) is 27.3 Å². The average Bonchev–Trinajstić information content (AvgIpc) is 2.33. The zero-order chi connectivity index (χ0) is 14.0. The molecule has 5 nitrogen and oxygen atoms in total. The summed E-state index contributed by atoms with van der Waals surface area (Å²) in [7, 11) is 0. The van der Waals surface area contributed by atoms with Crippen molar-refractivity contribution in [3.05, 3.63) is 46.8 Å². The number of carbonyl (C=O) groups is 1. The van der Waals surface area contributed by atoms with Crippen molar-refractivity contribution in [2.45, 2.75) is 20.8 Å². The van der Waals surface area contributed by atoms with Gasteiger partial charge in [0.2, 0.25) is 0 Å². The van der Waals surface area contributed by atoms with Crippen molar-refractivity contribution in [1.29, 1.82) is 0 Å². The van der Waals surface area contributed by atoms with Crippen molar-refractivity contribution in [2.24, 2.45) is 0 Å². The van der Waals surface area contributed by atoms with Crippen LogP contribution in [-0.2, 0) is 0 Å². The van der Waals surface area contributed by atoms with E-state index in [1.807, 2.05) is 32.0 Å². The van der Waals surface area contributed by atoms with Crippen LogP contribution in [0.4, 0.5) is 0 Å². The molecule has 2 aromatic rings. The molecule has 0 saturated carbocycles. The number of aromatic nitrogens is 2. The molecule has 0 fully saturated rings. The van der Waals surface area contributed by atoms with Gasteiger partial charge >= 0.3 is 12.0 Å². The highest BCUT2D eigenvalue weighted by atomic mass is 16.5. The monoisotopic (exact) mass is 258 g/mol. The minimum absolute atomic E-state index is 0.0507. The molecule has 1 aromatic heterocycles. The van der Waals surface area contributed by atoms with Crippen LogP contribution in [0.15, 0.2) is 24.3 Å². The van der Waals surface area contributed by atoms with E-state index in [0.717, 1.165) is 11.1 Å². The molecule has 98 valence electrons. The number of aromatic carboxylic acids is 1. The van der Waals surface area contributed by atoms with E-state index in [2.05, 4.69) is 9.97 Å². The quantitative estimate of drug-likeness (QED) is 0.916. The van der Waals surface area contributed by atoms with Gasteiger partial charge in [-0.25, -0.2) is 9.78 Å². The van der Waals surface area contributed by atoms with Crippen molar-refractivity contribution < 1.29 is 14.6 Å². The lowest BCUT2D eigenvalue weighted by Crippen LogP contribution is -2.05. The predicted octanol–water partition coefficient (Wildman–Crippen LogP) is 2.89. The number of ether oxygens (including phenoxy) is 1. The highest BCUT2D eigenvalue weighted by molar-refractivity contribution is 5.85. The van der Waals surface area contributed by atoms with Crippen LogP contribution in [0.3, 0.4) is 0 Å². The van der Waals surface area contributed by atoms with Gasteiger partial charge in [0.15, 0.2) is 5.69 Å². The molecular formula is C14H14N2O3. The first-order chi connectivity index (χ1) is 8.97. The lowest BCUT2D eigenvalue weighted by Gasteiger charge is -2.10. The van der Waals surface area contributed by atoms with Gasteiger partial charge in [0, 0.05) is 5.69 Å². The molecular weight excluding hydrogens is 244 g/mol. The van der Waals surface area contributed by atoms with E-state index in [1.54, 1.807) is 6.92 Å². The normalized spacial score (nSPS) is 10.3. The van der Waals surface area contributed by atoms with Gasteiger partial charge in [-0.1, -0.05) is 18.2 Å². The van der Waals surface area contributed by atoms with Crippen LogP contribution >= 0.6 is 0 Å². The van der Waals surface area contributed by atoms with Gasteiger partial charge in [0.05, 0.1) is 0 Å². The fourth-order valence-electron chi connectivity index (χ4n) is 1.75. The second-order valence-electron chi connectivity index (χ2n) is 4.31. The summed E-state index contributed by atoms with van der Waals surface area (Å²) in [5.41, 5.74) is 2.37. The Morgan fingerprint density at radius 2 is 1.79 bits per heavy atom. The minimum atomic E-state index is -1.10. The van der Waals surface area contributed by atoms with Crippen molar-refractivity contribution in [3.63, 3.8) is 0 Å². The Kier molecular flexibility index (Phi) is 3.46. The number of para-hydroxylation sites is 1. The van der Waals surface area contributed by atoms with Gasteiger partial charge in [0.25, 0.3) is 0 Å². The molecule has 19 heavy (non-hydrogen) atoms. The molecule has 0 atom stereocenters. The lowest BCUT2D eigenvalue weighted by molar-refractivity contribution is 0.0689. The number of hydrogen-bond donors (Lipinski definition) is 1. The van der Waals surface area contributed by atoms with Gasteiger partial charge in [-0.3, -0.25) is 0 Å². The zero-order valence-electron chi connectivity index (χ0n) is 11.0. The molecule has 0 bridgehead atoms. The van der Waals surface area contributed by atoms with E-state index < -0.39 is 5.97 Å². The largest absolute Gasteiger partial charge is 0.477 e. The van der Waals surface area contributed by atoms with E-state index in [0.29, 0.717) is 11.4 Å². The van der Waals surface area contributed by atoms with E-state index >= 15 is 0 Å². The van der Waals surface area contributed by atoms with Gasteiger partial charge in [-0.2, -0.15) is 4.98 Å². The smallest absolute Gasteiger partial charge is 0.354 e. The third-order valence-electron chi connectivity index (χ3n) is 2.65. The fraction of sp³-hybridized carbons (Fsp3) is 0.214. The maximum Gasteiger partial charge on any atom is 0.354 e. The van der Waals surface area contributed by atoms with E-state index in [1.165, 1.54) is 6.07 Å². The van der Waals surface area contributed by atoms with E-state index in [-0.39, 0.29) is 11.7 Å². The Hall–Kier alpha value is -2.43. The topological polar surface area (TPSA) is 72.3 Å². The van der Waals surface area contributed by atoms with Crippen LogP contribution < -0.4 is 4.74 Å². The fourth-order valence-corrected chi connectivity index (χ4v) is 1.75. The number of carboxylic acids is 1. The summed E-state index contributed by atoms with van der Waals surface area (Å²) >= 11 is 0. The number of aryl methyl sites for hydroxylation is 3. The van der Waals surface area contributed by atoms with Crippen molar-refractivity contribution in [2.75, 3.05) is 0 Å². The molecule has 0 aliphatic carbocycles. The Morgan fingerprint density at radius 3 is 2.37 bits per heavy atom. The second kappa shape index (κ2) is 5.06. The van der Waals surface area contributed by atoms with Crippen LogP contribution in [0, 0.1) is 20.8 Å². The molecule has 5 heteroatoms. The van der Waals surface area contributed by atoms with Gasteiger partial charge in [-0.05, 0) is 38.0 Å². The standard InChI is InChI=1S/C14H14N2O3/c1-8-5-4-6-9(2)12(8)19-14-15-10(3)7-11(16-14)13(17)18/h4-7H,1-3H3,(H,17,18). The van der Waals surface area contributed by atoms with Gasteiger partial charge < -0.3 is 9.84 Å². The molecule has 2 rings (SSSR count). The highest BCUT2D eigenvalue weighted by Crippen LogP contribution is 2.26. The molecule has 0 radical (unpaired) electrons. The number of rotatable bonds is 3. The van der Waals surface area contributed by atoms with Crippen LogP contribution in [0.2, 0.25) is 0 Å². The summed E-state index contributed by atoms with van der Waals surface area (Å²) in [6.07, 6.45) is 0. The molecule has 1 aromatic carbocycles. The van der Waals surface area contributed by atoms with Gasteiger partial charge in [-0.15, -0.1) is 0 Å². The third-order valence-corrected chi connectivity index (χ3v) is 2.65. The molecule has 0 amide bonds. The summed E-state index contributed by atoms with van der Waals surface area (Å²) in [5, 5.41) is 8.96. The summed E-state index contributed by atoms with van der Waals surface area (Å²) in [4.78, 5) is 18.9. The molecule has 0 saturated heterocycles. The second-order valence-corrected chi connectivity index (χ2v) is 4.31. The summed E-state index contributed by atoms with van der Waals surface area (Å²) in [6.45, 7) is 5.53. The molecule has 1 heterocycles. The highest BCUT2D eigenvalue weighted by Gasteiger charge is 2.12. The number of benzene rings is 1. The van der Waals surface area contributed by atoms with E-state index in [9.17, 15) is 4.79 Å². The number of carboxylic acid groups (broad SMARTS) is 1. The van der Waals surface area contributed by atoms with Crippen LogP contribution in [0.25, 0.3) is 0 Å². The Balaban J connectivity index is 2.41. The first-order valence-electron chi connectivity index (χ1n) is 5.80. The van der Waals surface area contributed by atoms with Crippen molar-refractivity contribution in [1.82, 2.24) is 9.97 Å². The maximum absolute atomic E-state index is 10.9. The molecule has 0 aliphatic heterocycles. The van der Waals surface area contributed by atoms with Crippen LogP contribution in [0.5, 0.6) is 11.8 Å². The summed E-state index contributed by atoms with van der Waals surface area (Å²) in [5.74, 6) is -0.443. The van der Waals surface area contributed by atoms with Crippen LogP contribution in [-0.4, -0.2) is 21.0 Å². The lowest BCUT2D eigenvalue weighted by atomic mass is 10.1. The first kappa shape index (κ1) is 13.0. The number of hydrogen-bond acceptors (Lipinski definition) is 4. The molecule has 1 N–H and O–H groups in total. The van der Waals surface area contributed by atoms with Crippen molar-refractivity contribution in [3.8, 4) is 11.8 Å². The Bertz CT molecular complexity index is 618. The molecule has 0 unspecified atom stereocenters. The van der Waals surface area contributed by atoms with E-state index in [4.69, 9.17) is 9.84 Å². The summed E-state index contributed by atoms with van der Waals surface area (Å²) in [6, 6.07) is 7.21.